The third kappa shape index (κ3) is 5.47. The molecule has 1 amide bonds. The molecule has 2 N–H and O–H groups in total. The van der Waals surface area contributed by atoms with E-state index in [-0.39, 0.29) is 42.2 Å². The summed E-state index contributed by atoms with van der Waals surface area (Å²) in [6.07, 6.45) is 5.48. The Bertz CT molecular complexity index is 338. The minimum Gasteiger partial charge on any atom is -0.466 e. The second kappa shape index (κ2) is 9.26. The standard InChI is InChI=1S/C15H26N2O3.ClH/c1-2-20-15(19)11-5-7-13(8-6-11)17-14(18)12-4-3-9-16-10-12;/h11-13,16H,2-10H2,1H3,(H,17,18);1H/t11?,12-,13?;/m1./s1. The van der Waals surface area contributed by atoms with E-state index in [9.17, 15) is 9.59 Å². The van der Waals surface area contributed by atoms with Crippen LogP contribution in [0.2, 0.25) is 0 Å². The lowest BCUT2D eigenvalue weighted by Crippen LogP contribution is -2.45. The molecule has 1 aliphatic heterocycles. The van der Waals surface area contributed by atoms with E-state index in [1.54, 1.807) is 0 Å². The second-order valence-corrected chi connectivity index (χ2v) is 5.85. The summed E-state index contributed by atoms with van der Waals surface area (Å²) < 4.78 is 5.06. The highest BCUT2D eigenvalue weighted by Gasteiger charge is 2.29. The SMILES string of the molecule is CCOC(=O)C1CCC(NC(=O)[C@@H]2CCCNC2)CC1.Cl. The summed E-state index contributed by atoms with van der Waals surface area (Å²) in [6.45, 7) is 4.10. The van der Waals surface area contributed by atoms with Crippen molar-refractivity contribution in [1.82, 2.24) is 10.6 Å². The summed E-state index contributed by atoms with van der Waals surface area (Å²) in [5, 5.41) is 6.42. The van der Waals surface area contributed by atoms with Crippen LogP contribution >= 0.6 is 12.4 Å². The predicted molar refractivity (Wildman–Crippen MR) is 83.4 cm³/mol. The fourth-order valence-corrected chi connectivity index (χ4v) is 3.13. The molecule has 5 nitrogen and oxygen atoms in total. The highest BCUT2D eigenvalue weighted by Crippen LogP contribution is 2.25. The number of carbonyl (C=O) groups is 2. The Morgan fingerprint density at radius 2 is 1.86 bits per heavy atom. The zero-order valence-electron chi connectivity index (χ0n) is 12.7. The Hall–Kier alpha value is -0.810. The average molecular weight is 319 g/mol. The first-order valence-corrected chi connectivity index (χ1v) is 7.88. The number of nitrogens with one attached hydrogen (secondary N) is 2. The summed E-state index contributed by atoms with van der Waals surface area (Å²) in [5.41, 5.74) is 0. The highest BCUT2D eigenvalue weighted by atomic mass is 35.5. The van der Waals surface area contributed by atoms with E-state index in [0.717, 1.165) is 51.6 Å². The van der Waals surface area contributed by atoms with E-state index in [4.69, 9.17) is 4.74 Å². The van der Waals surface area contributed by atoms with Gasteiger partial charge >= 0.3 is 5.97 Å². The van der Waals surface area contributed by atoms with Gasteiger partial charge in [0.2, 0.25) is 5.91 Å². The van der Waals surface area contributed by atoms with Crippen LogP contribution in [0, 0.1) is 11.8 Å². The lowest BCUT2D eigenvalue weighted by Gasteiger charge is -2.30. The van der Waals surface area contributed by atoms with E-state index >= 15 is 0 Å². The maximum atomic E-state index is 12.1. The quantitative estimate of drug-likeness (QED) is 0.773. The van der Waals surface area contributed by atoms with E-state index in [2.05, 4.69) is 10.6 Å². The van der Waals surface area contributed by atoms with E-state index in [1.165, 1.54) is 0 Å². The maximum absolute atomic E-state index is 12.1. The minimum absolute atomic E-state index is 0. The van der Waals surface area contributed by atoms with Gasteiger partial charge in [0.1, 0.15) is 0 Å². The fraction of sp³-hybridized carbons (Fsp3) is 0.867. The van der Waals surface area contributed by atoms with Crippen molar-refractivity contribution < 1.29 is 14.3 Å². The largest absolute Gasteiger partial charge is 0.466 e. The van der Waals surface area contributed by atoms with E-state index < -0.39 is 0 Å². The fourth-order valence-electron chi connectivity index (χ4n) is 3.13. The molecule has 0 aromatic rings. The normalized spacial score (nSPS) is 29.1. The maximum Gasteiger partial charge on any atom is 0.308 e. The third-order valence-corrected chi connectivity index (χ3v) is 4.36. The predicted octanol–water partition coefficient (Wildman–Crippen LogP) is 1.65. The highest BCUT2D eigenvalue weighted by molar-refractivity contribution is 5.85. The summed E-state index contributed by atoms with van der Waals surface area (Å²) in [7, 11) is 0. The molecule has 21 heavy (non-hydrogen) atoms. The third-order valence-electron chi connectivity index (χ3n) is 4.36. The molecule has 1 aliphatic carbocycles. The summed E-state index contributed by atoms with van der Waals surface area (Å²) in [5.74, 6) is 0.247. The van der Waals surface area contributed by atoms with Gasteiger partial charge in [-0.2, -0.15) is 0 Å². The van der Waals surface area contributed by atoms with Gasteiger partial charge in [-0.15, -0.1) is 12.4 Å². The van der Waals surface area contributed by atoms with Gasteiger partial charge in [0.15, 0.2) is 0 Å². The number of rotatable bonds is 4. The Balaban J connectivity index is 0.00000220. The van der Waals surface area contributed by atoms with Gasteiger partial charge in [-0.3, -0.25) is 9.59 Å². The summed E-state index contributed by atoms with van der Waals surface area (Å²) >= 11 is 0. The van der Waals surface area contributed by atoms with Crippen LogP contribution in [-0.4, -0.2) is 37.6 Å². The Morgan fingerprint density at radius 3 is 2.43 bits per heavy atom. The van der Waals surface area contributed by atoms with Crippen LogP contribution in [0.25, 0.3) is 0 Å². The average Bonchev–Trinajstić information content (AvgIpc) is 2.49. The molecule has 6 heteroatoms. The molecule has 0 aromatic heterocycles. The van der Waals surface area contributed by atoms with Gasteiger partial charge in [0.25, 0.3) is 0 Å². The van der Waals surface area contributed by atoms with Crippen molar-refractivity contribution in [2.75, 3.05) is 19.7 Å². The van der Waals surface area contributed by atoms with Crippen molar-refractivity contribution in [1.29, 1.82) is 0 Å². The van der Waals surface area contributed by atoms with Crippen molar-refractivity contribution in [3.63, 3.8) is 0 Å². The topological polar surface area (TPSA) is 67.4 Å². The molecule has 0 aromatic carbocycles. The molecule has 1 saturated heterocycles. The first-order chi connectivity index (χ1) is 9.70. The van der Waals surface area contributed by atoms with Gasteiger partial charge < -0.3 is 15.4 Å². The van der Waals surface area contributed by atoms with Crippen molar-refractivity contribution in [2.45, 2.75) is 51.5 Å². The molecule has 0 spiro atoms. The van der Waals surface area contributed by atoms with Gasteiger partial charge in [-0.25, -0.2) is 0 Å². The molecule has 1 atom stereocenters. The van der Waals surface area contributed by atoms with Crippen LogP contribution in [0.4, 0.5) is 0 Å². The summed E-state index contributed by atoms with van der Waals surface area (Å²) in [4.78, 5) is 23.8. The van der Waals surface area contributed by atoms with Crippen molar-refractivity contribution in [3.05, 3.63) is 0 Å². The van der Waals surface area contributed by atoms with Gasteiger partial charge in [-0.1, -0.05) is 0 Å². The van der Waals surface area contributed by atoms with Gasteiger partial charge in [-0.05, 0) is 52.0 Å². The van der Waals surface area contributed by atoms with Crippen LogP contribution in [-0.2, 0) is 14.3 Å². The smallest absolute Gasteiger partial charge is 0.308 e. The Labute approximate surface area is 133 Å². The number of hydrogen-bond donors (Lipinski definition) is 2. The van der Waals surface area contributed by atoms with E-state index in [0.29, 0.717) is 6.61 Å². The van der Waals surface area contributed by atoms with Crippen LogP contribution in [0.15, 0.2) is 0 Å². The Kier molecular flexibility index (Phi) is 8.04. The van der Waals surface area contributed by atoms with Gasteiger partial charge in [0.05, 0.1) is 18.4 Å². The van der Waals surface area contributed by atoms with Crippen LogP contribution < -0.4 is 10.6 Å². The number of esters is 1. The molecule has 2 fully saturated rings. The Morgan fingerprint density at radius 1 is 1.14 bits per heavy atom. The van der Waals surface area contributed by atoms with Crippen molar-refractivity contribution in [2.24, 2.45) is 11.8 Å². The van der Waals surface area contributed by atoms with Crippen LogP contribution in [0.5, 0.6) is 0 Å². The first kappa shape index (κ1) is 18.2. The number of piperidine rings is 1. The van der Waals surface area contributed by atoms with E-state index in [1.807, 2.05) is 6.92 Å². The lowest BCUT2D eigenvalue weighted by atomic mass is 9.85. The van der Waals surface area contributed by atoms with Crippen LogP contribution in [0.3, 0.4) is 0 Å². The molecule has 2 rings (SSSR count). The van der Waals surface area contributed by atoms with Crippen molar-refractivity contribution >= 4 is 24.3 Å². The molecule has 0 radical (unpaired) electrons. The number of hydrogen-bond acceptors (Lipinski definition) is 4. The molecule has 2 aliphatic rings. The van der Waals surface area contributed by atoms with Gasteiger partial charge in [0, 0.05) is 12.6 Å². The monoisotopic (exact) mass is 318 g/mol. The first-order valence-electron chi connectivity index (χ1n) is 7.88. The number of halogens is 1. The zero-order valence-corrected chi connectivity index (χ0v) is 13.5. The number of amides is 1. The minimum atomic E-state index is -0.0752. The molecule has 122 valence electrons. The molecular formula is C15H27ClN2O3. The van der Waals surface area contributed by atoms with Crippen molar-refractivity contribution in [3.8, 4) is 0 Å². The van der Waals surface area contributed by atoms with Crippen LogP contribution in [0.1, 0.15) is 45.4 Å². The lowest BCUT2D eigenvalue weighted by molar-refractivity contribution is -0.149. The number of ether oxygens (including phenoxy) is 1. The zero-order chi connectivity index (χ0) is 14.4. The second-order valence-electron chi connectivity index (χ2n) is 5.85. The molecular weight excluding hydrogens is 292 g/mol. The summed E-state index contributed by atoms with van der Waals surface area (Å²) in [6, 6.07) is 0.232. The molecule has 0 unspecified atom stereocenters. The molecule has 1 saturated carbocycles. The number of carbonyl (C=O) groups excluding carboxylic acids is 2. The molecule has 0 bridgehead atoms. The molecule has 1 heterocycles.